The van der Waals surface area contributed by atoms with Gasteiger partial charge in [0.05, 0.1) is 0 Å². The van der Waals surface area contributed by atoms with Crippen LogP contribution in [0.2, 0.25) is 0 Å². The van der Waals surface area contributed by atoms with Crippen molar-refractivity contribution in [2.75, 3.05) is 0 Å². The van der Waals surface area contributed by atoms with E-state index in [1.165, 1.54) is 12.0 Å². The minimum atomic E-state index is 0.683. The summed E-state index contributed by atoms with van der Waals surface area (Å²) < 4.78 is 0. The van der Waals surface area contributed by atoms with E-state index >= 15 is 0 Å². The van der Waals surface area contributed by atoms with Gasteiger partial charge >= 0.3 is 0 Å². The van der Waals surface area contributed by atoms with E-state index < -0.39 is 0 Å². The van der Waals surface area contributed by atoms with E-state index in [0.29, 0.717) is 11.8 Å². The molecule has 0 aromatic rings. The smallest absolute Gasteiger partial charge is 0.00103 e. The van der Waals surface area contributed by atoms with Crippen LogP contribution in [-0.4, -0.2) is 0 Å². The first-order valence-electron chi connectivity index (χ1n) is 5.11. The van der Waals surface area contributed by atoms with Crippen LogP contribution in [0.1, 0.15) is 33.1 Å². The lowest BCUT2D eigenvalue weighted by molar-refractivity contribution is 0.270. The zero-order chi connectivity index (χ0) is 10.0. The van der Waals surface area contributed by atoms with Crippen LogP contribution in [0.4, 0.5) is 0 Å². The van der Waals surface area contributed by atoms with Crippen LogP contribution >= 0.6 is 0 Å². The normalized spacial score (nSPS) is 34.6. The largest absolute Gasteiger partial charge is 0.403 e. The molecule has 0 bridgehead atoms. The van der Waals surface area contributed by atoms with E-state index in [1.54, 1.807) is 0 Å². The predicted molar refractivity (Wildman–Crippen MR) is 58.1 cm³/mol. The van der Waals surface area contributed by atoms with Crippen LogP contribution in [0, 0.1) is 17.8 Å². The predicted octanol–water partition coefficient (Wildman–Crippen LogP) is 3.09. The standard InChI is InChI=1S/C12H21N/c1-8-5-12(7-10(3)13)6-9(2)11(8)4/h9,11-12H,1,3,5-7,13H2,2,4H3/t9-,11+,12?/m0/s1. The number of hydrogen-bond donors (Lipinski definition) is 1. The van der Waals surface area contributed by atoms with E-state index in [9.17, 15) is 0 Å². The summed E-state index contributed by atoms with van der Waals surface area (Å²) in [5.74, 6) is 2.13. The van der Waals surface area contributed by atoms with Crippen LogP contribution in [0.5, 0.6) is 0 Å². The molecule has 74 valence electrons. The molecule has 0 spiro atoms. The van der Waals surface area contributed by atoms with E-state index in [0.717, 1.165) is 24.5 Å². The maximum absolute atomic E-state index is 5.62. The minimum Gasteiger partial charge on any atom is -0.403 e. The highest BCUT2D eigenvalue weighted by Crippen LogP contribution is 2.38. The summed E-state index contributed by atoms with van der Waals surface area (Å²) in [6, 6.07) is 0. The van der Waals surface area contributed by atoms with Crippen molar-refractivity contribution in [3.05, 3.63) is 24.4 Å². The zero-order valence-corrected chi connectivity index (χ0v) is 8.84. The fraction of sp³-hybridized carbons (Fsp3) is 0.667. The van der Waals surface area contributed by atoms with E-state index in [2.05, 4.69) is 27.0 Å². The van der Waals surface area contributed by atoms with Gasteiger partial charge in [0.25, 0.3) is 0 Å². The summed E-state index contributed by atoms with van der Waals surface area (Å²) in [6.45, 7) is 12.5. The topological polar surface area (TPSA) is 26.0 Å². The zero-order valence-electron chi connectivity index (χ0n) is 8.84. The van der Waals surface area contributed by atoms with Crippen LogP contribution < -0.4 is 5.73 Å². The first kappa shape index (κ1) is 10.4. The molecule has 0 aromatic carbocycles. The van der Waals surface area contributed by atoms with Gasteiger partial charge in [-0.1, -0.05) is 32.6 Å². The van der Waals surface area contributed by atoms with Gasteiger partial charge in [-0.2, -0.15) is 0 Å². The van der Waals surface area contributed by atoms with Gasteiger partial charge in [-0.15, -0.1) is 0 Å². The van der Waals surface area contributed by atoms with Crippen molar-refractivity contribution >= 4 is 0 Å². The molecular weight excluding hydrogens is 158 g/mol. The summed E-state index contributed by atoms with van der Waals surface area (Å²) in [5.41, 5.74) is 7.84. The molecule has 1 saturated carbocycles. The SMILES string of the molecule is C=C(N)CC1CC(=C)[C@@H](C)[C@@H](C)C1. The second kappa shape index (κ2) is 3.99. The van der Waals surface area contributed by atoms with Crippen molar-refractivity contribution in [3.63, 3.8) is 0 Å². The first-order valence-corrected chi connectivity index (χ1v) is 5.11. The fourth-order valence-corrected chi connectivity index (χ4v) is 2.30. The second-order valence-corrected chi connectivity index (χ2v) is 4.59. The molecule has 0 heterocycles. The van der Waals surface area contributed by atoms with Gasteiger partial charge in [0.15, 0.2) is 0 Å². The monoisotopic (exact) mass is 179 g/mol. The fourth-order valence-electron chi connectivity index (χ4n) is 2.30. The lowest BCUT2D eigenvalue weighted by Gasteiger charge is -2.34. The van der Waals surface area contributed by atoms with Gasteiger partial charge in [-0.05, 0) is 37.0 Å². The van der Waals surface area contributed by atoms with Gasteiger partial charge in [0.1, 0.15) is 0 Å². The Morgan fingerprint density at radius 3 is 2.62 bits per heavy atom. The Bertz CT molecular complexity index is 217. The number of nitrogens with two attached hydrogens (primary N) is 1. The van der Waals surface area contributed by atoms with Crippen molar-refractivity contribution in [3.8, 4) is 0 Å². The minimum absolute atomic E-state index is 0.683. The lowest BCUT2D eigenvalue weighted by Crippen LogP contribution is -2.23. The van der Waals surface area contributed by atoms with Crippen molar-refractivity contribution in [2.24, 2.45) is 23.5 Å². The molecule has 0 aliphatic heterocycles. The van der Waals surface area contributed by atoms with Crippen LogP contribution in [0.15, 0.2) is 24.4 Å². The third-order valence-corrected chi connectivity index (χ3v) is 3.30. The maximum atomic E-state index is 5.62. The first-order chi connectivity index (χ1) is 6.00. The Morgan fingerprint density at radius 2 is 2.15 bits per heavy atom. The summed E-state index contributed by atoms with van der Waals surface area (Å²) in [6.07, 6.45) is 3.38. The number of allylic oxidation sites excluding steroid dienone is 2. The summed E-state index contributed by atoms with van der Waals surface area (Å²) in [5, 5.41) is 0. The summed E-state index contributed by atoms with van der Waals surface area (Å²) in [4.78, 5) is 0. The van der Waals surface area contributed by atoms with Crippen molar-refractivity contribution in [2.45, 2.75) is 33.1 Å². The van der Waals surface area contributed by atoms with Crippen molar-refractivity contribution in [1.29, 1.82) is 0 Å². The molecule has 2 N–H and O–H groups in total. The highest BCUT2D eigenvalue weighted by Gasteiger charge is 2.26. The summed E-state index contributed by atoms with van der Waals surface area (Å²) >= 11 is 0. The Kier molecular flexibility index (Phi) is 3.18. The molecule has 1 nitrogen and oxygen atoms in total. The summed E-state index contributed by atoms with van der Waals surface area (Å²) in [7, 11) is 0. The van der Waals surface area contributed by atoms with Crippen LogP contribution in [0.3, 0.4) is 0 Å². The Hall–Kier alpha value is -0.720. The molecule has 13 heavy (non-hydrogen) atoms. The lowest BCUT2D eigenvalue weighted by atomic mass is 9.72. The van der Waals surface area contributed by atoms with Gasteiger partial charge in [-0.25, -0.2) is 0 Å². The number of hydrogen-bond acceptors (Lipinski definition) is 1. The Labute approximate surface area is 81.7 Å². The van der Waals surface area contributed by atoms with Gasteiger partial charge in [0, 0.05) is 5.70 Å². The molecule has 3 atom stereocenters. The molecule has 0 amide bonds. The molecule has 1 heteroatoms. The molecule has 0 radical (unpaired) electrons. The molecule has 1 fully saturated rings. The number of rotatable bonds is 2. The molecule has 1 aliphatic carbocycles. The third-order valence-electron chi connectivity index (χ3n) is 3.30. The molecule has 1 rings (SSSR count). The average Bonchev–Trinajstić information content (AvgIpc) is 1.98. The van der Waals surface area contributed by atoms with Crippen molar-refractivity contribution in [1.82, 2.24) is 0 Å². The Balaban J connectivity index is 2.53. The maximum Gasteiger partial charge on any atom is 0.00103 e. The molecule has 1 unspecified atom stereocenters. The van der Waals surface area contributed by atoms with E-state index in [-0.39, 0.29) is 0 Å². The van der Waals surface area contributed by atoms with Gasteiger partial charge in [0.2, 0.25) is 0 Å². The van der Waals surface area contributed by atoms with Crippen LogP contribution in [0.25, 0.3) is 0 Å². The highest BCUT2D eigenvalue weighted by molar-refractivity contribution is 5.07. The third kappa shape index (κ3) is 2.61. The highest BCUT2D eigenvalue weighted by atomic mass is 14.6. The van der Waals surface area contributed by atoms with Gasteiger partial charge in [-0.3, -0.25) is 0 Å². The van der Waals surface area contributed by atoms with Gasteiger partial charge < -0.3 is 5.73 Å². The van der Waals surface area contributed by atoms with Crippen molar-refractivity contribution < 1.29 is 0 Å². The second-order valence-electron chi connectivity index (χ2n) is 4.59. The van der Waals surface area contributed by atoms with Crippen LogP contribution in [-0.2, 0) is 0 Å². The van der Waals surface area contributed by atoms with E-state index in [1.807, 2.05) is 0 Å². The van der Waals surface area contributed by atoms with E-state index in [4.69, 9.17) is 5.73 Å². The Morgan fingerprint density at radius 1 is 1.54 bits per heavy atom. The molecule has 0 aromatic heterocycles. The quantitative estimate of drug-likeness (QED) is 0.648. The molecule has 1 aliphatic rings. The average molecular weight is 179 g/mol. The molecule has 0 saturated heterocycles. The molecular formula is C12H21N.